The van der Waals surface area contributed by atoms with Gasteiger partial charge in [-0.25, -0.2) is 4.79 Å². The fraction of sp³-hybridized carbons (Fsp3) is 0.320. The van der Waals surface area contributed by atoms with E-state index in [0.29, 0.717) is 39.2 Å². The molecule has 0 fully saturated rings. The molecule has 190 valence electrons. The number of amides is 2. The summed E-state index contributed by atoms with van der Waals surface area (Å²) >= 11 is 7.42. The van der Waals surface area contributed by atoms with Crippen LogP contribution < -0.4 is 10.6 Å². The minimum Gasteiger partial charge on any atom is -0.465 e. The van der Waals surface area contributed by atoms with E-state index in [1.54, 1.807) is 60.1 Å². The van der Waals surface area contributed by atoms with Crippen LogP contribution in [0.2, 0.25) is 5.02 Å². The highest BCUT2D eigenvalue weighted by Gasteiger charge is 2.24. The van der Waals surface area contributed by atoms with Crippen molar-refractivity contribution in [1.82, 2.24) is 20.1 Å². The lowest BCUT2D eigenvalue weighted by Gasteiger charge is -2.20. The Labute approximate surface area is 219 Å². The molecule has 0 bridgehead atoms. The molecule has 9 nitrogen and oxygen atoms in total. The maximum Gasteiger partial charge on any atom is 0.337 e. The molecule has 1 aromatic heterocycles. The van der Waals surface area contributed by atoms with E-state index in [4.69, 9.17) is 11.6 Å². The van der Waals surface area contributed by atoms with Gasteiger partial charge in [0, 0.05) is 12.7 Å². The van der Waals surface area contributed by atoms with Gasteiger partial charge in [-0.05, 0) is 48.7 Å². The number of nitrogens with one attached hydrogen (secondary N) is 2. The average molecular weight is 530 g/mol. The molecule has 2 aromatic carbocycles. The van der Waals surface area contributed by atoms with E-state index >= 15 is 0 Å². The van der Waals surface area contributed by atoms with Crippen molar-refractivity contribution >= 4 is 46.8 Å². The number of carbonyl (C=O) groups excluding carboxylic acids is 3. The van der Waals surface area contributed by atoms with E-state index in [9.17, 15) is 14.4 Å². The molecule has 0 saturated heterocycles. The van der Waals surface area contributed by atoms with Crippen molar-refractivity contribution < 1.29 is 19.1 Å². The van der Waals surface area contributed by atoms with Gasteiger partial charge in [0.15, 0.2) is 11.0 Å². The Kier molecular flexibility index (Phi) is 9.49. The molecule has 2 amide bonds. The number of anilines is 1. The lowest BCUT2D eigenvalue weighted by molar-refractivity contribution is -0.113. The van der Waals surface area contributed by atoms with Crippen LogP contribution in [0.15, 0.2) is 53.7 Å². The number of benzene rings is 2. The second-order valence-corrected chi connectivity index (χ2v) is 9.79. The third kappa shape index (κ3) is 7.08. The molecule has 0 aliphatic carbocycles. The molecule has 0 aliphatic heterocycles. The van der Waals surface area contributed by atoms with Gasteiger partial charge in [0.25, 0.3) is 5.91 Å². The highest BCUT2D eigenvalue weighted by molar-refractivity contribution is 7.99. The highest BCUT2D eigenvalue weighted by Crippen LogP contribution is 2.25. The van der Waals surface area contributed by atoms with Gasteiger partial charge < -0.3 is 19.9 Å². The summed E-state index contributed by atoms with van der Waals surface area (Å²) in [6.07, 6.45) is 0.648. The van der Waals surface area contributed by atoms with E-state index in [0.717, 1.165) is 0 Å². The lowest BCUT2D eigenvalue weighted by Crippen LogP contribution is -2.31. The highest BCUT2D eigenvalue weighted by atomic mass is 35.5. The van der Waals surface area contributed by atoms with Crippen molar-refractivity contribution in [2.75, 3.05) is 18.2 Å². The van der Waals surface area contributed by atoms with Crippen molar-refractivity contribution in [2.24, 2.45) is 13.0 Å². The number of methoxy groups -OCH3 is 1. The topological polar surface area (TPSA) is 115 Å². The summed E-state index contributed by atoms with van der Waals surface area (Å²) in [6.45, 7) is 4.12. The van der Waals surface area contributed by atoms with Crippen LogP contribution in [0, 0.1) is 5.92 Å². The smallest absolute Gasteiger partial charge is 0.337 e. The van der Waals surface area contributed by atoms with Crippen LogP contribution in [0.1, 0.15) is 52.9 Å². The summed E-state index contributed by atoms with van der Waals surface area (Å²) in [5, 5.41) is 15.3. The maximum absolute atomic E-state index is 12.9. The molecule has 3 rings (SSSR count). The van der Waals surface area contributed by atoms with Gasteiger partial charge in [0.2, 0.25) is 5.91 Å². The molecule has 3 aromatic rings. The molecule has 0 spiro atoms. The van der Waals surface area contributed by atoms with Gasteiger partial charge in [0.05, 0.1) is 35.1 Å². The third-order valence-corrected chi connectivity index (χ3v) is 6.58. The van der Waals surface area contributed by atoms with Crippen LogP contribution in [0.5, 0.6) is 0 Å². The maximum atomic E-state index is 12.9. The molecule has 0 radical (unpaired) electrons. The molecule has 11 heteroatoms. The van der Waals surface area contributed by atoms with Crippen molar-refractivity contribution in [1.29, 1.82) is 0 Å². The number of carbonyl (C=O) groups is 3. The van der Waals surface area contributed by atoms with Crippen LogP contribution in [-0.4, -0.2) is 45.4 Å². The first kappa shape index (κ1) is 27.2. The van der Waals surface area contributed by atoms with E-state index in [-0.39, 0.29) is 29.5 Å². The first-order chi connectivity index (χ1) is 17.2. The van der Waals surface area contributed by atoms with Gasteiger partial charge in [-0.1, -0.05) is 49.3 Å². The molecular weight excluding hydrogens is 502 g/mol. The van der Waals surface area contributed by atoms with Crippen LogP contribution in [-0.2, 0) is 16.6 Å². The summed E-state index contributed by atoms with van der Waals surface area (Å²) < 4.78 is 6.45. The summed E-state index contributed by atoms with van der Waals surface area (Å²) in [5.74, 6) is 0.00424. The van der Waals surface area contributed by atoms with Crippen LogP contribution in [0.3, 0.4) is 0 Å². The first-order valence-corrected chi connectivity index (χ1v) is 12.6. The lowest BCUT2D eigenvalue weighted by atomic mass is 10.0. The number of ether oxygens (including phenoxy) is 1. The zero-order chi connectivity index (χ0) is 26.2. The summed E-state index contributed by atoms with van der Waals surface area (Å²) in [4.78, 5) is 36.9. The molecule has 0 saturated carbocycles. The van der Waals surface area contributed by atoms with Crippen LogP contribution >= 0.6 is 23.4 Å². The van der Waals surface area contributed by atoms with Crippen molar-refractivity contribution in [3.05, 3.63) is 70.5 Å². The standard InChI is InChI=1S/C25H28ClN5O4S/c1-15(2)13-20(28-23(33)18-7-5-6-8-19(18)26)22-29-30-25(31(22)3)36-14-21(32)27-17-11-9-16(10-12-17)24(34)35-4/h5-12,15,20H,13-14H2,1-4H3,(H,27,32)(H,28,33)/t20-/m0/s1. The normalized spacial score (nSPS) is 11.7. The number of hydrogen-bond acceptors (Lipinski definition) is 7. The quantitative estimate of drug-likeness (QED) is 0.293. The predicted molar refractivity (Wildman–Crippen MR) is 139 cm³/mol. The van der Waals surface area contributed by atoms with E-state index in [1.807, 2.05) is 0 Å². The molecular formula is C25H28ClN5O4S. The SMILES string of the molecule is COC(=O)c1ccc(NC(=O)CSc2nnc([C@H](CC(C)C)NC(=O)c3ccccc3Cl)n2C)cc1. The fourth-order valence-electron chi connectivity index (χ4n) is 3.47. The average Bonchev–Trinajstić information content (AvgIpc) is 3.22. The van der Waals surface area contributed by atoms with Gasteiger partial charge in [-0.15, -0.1) is 10.2 Å². The predicted octanol–water partition coefficient (Wildman–Crippen LogP) is 4.50. The van der Waals surface area contributed by atoms with E-state index < -0.39 is 5.97 Å². The Balaban J connectivity index is 1.65. The Morgan fingerprint density at radius 2 is 1.78 bits per heavy atom. The Hall–Kier alpha value is -3.37. The summed E-state index contributed by atoms with van der Waals surface area (Å²) in [5.41, 5.74) is 1.35. The second kappa shape index (κ2) is 12.5. The number of nitrogens with zero attached hydrogens (tertiary/aromatic N) is 3. The largest absolute Gasteiger partial charge is 0.465 e. The molecule has 0 unspecified atom stereocenters. The van der Waals surface area contributed by atoms with Gasteiger partial charge in [-0.3, -0.25) is 9.59 Å². The molecule has 0 aliphatic rings. The molecule has 1 atom stereocenters. The molecule has 1 heterocycles. The Morgan fingerprint density at radius 1 is 1.08 bits per heavy atom. The van der Waals surface area contributed by atoms with Crippen LogP contribution in [0.4, 0.5) is 5.69 Å². The Bertz CT molecular complexity index is 1230. The number of esters is 1. The van der Waals surface area contributed by atoms with Crippen LogP contribution in [0.25, 0.3) is 0 Å². The third-order valence-electron chi connectivity index (χ3n) is 5.23. The number of aromatic nitrogens is 3. The minimum atomic E-state index is -0.444. The number of rotatable bonds is 10. The minimum absolute atomic E-state index is 0.103. The van der Waals surface area contributed by atoms with Crippen molar-refractivity contribution in [3.8, 4) is 0 Å². The number of halogens is 1. The molecule has 2 N–H and O–H groups in total. The van der Waals surface area contributed by atoms with Gasteiger partial charge in [0.1, 0.15) is 0 Å². The molecule has 36 heavy (non-hydrogen) atoms. The summed E-state index contributed by atoms with van der Waals surface area (Å²) in [7, 11) is 3.11. The fourth-order valence-corrected chi connectivity index (χ4v) is 4.41. The van der Waals surface area contributed by atoms with Crippen molar-refractivity contribution in [2.45, 2.75) is 31.5 Å². The monoisotopic (exact) mass is 529 g/mol. The zero-order valence-corrected chi connectivity index (χ0v) is 22.0. The first-order valence-electron chi connectivity index (χ1n) is 11.2. The van der Waals surface area contributed by atoms with Gasteiger partial charge in [-0.2, -0.15) is 0 Å². The second-order valence-electron chi connectivity index (χ2n) is 8.44. The van der Waals surface area contributed by atoms with Crippen molar-refractivity contribution in [3.63, 3.8) is 0 Å². The number of hydrogen-bond donors (Lipinski definition) is 2. The summed E-state index contributed by atoms with van der Waals surface area (Å²) in [6, 6.07) is 12.9. The number of thioether (sulfide) groups is 1. The van der Waals surface area contributed by atoms with E-state index in [1.165, 1.54) is 18.9 Å². The zero-order valence-electron chi connectivity index (χ0n) is 20.4. The Morgan fingerprint density at radius 3 is 2.42 bits per heavy atom. The van der Waals surface area contributed by atoms with E-state index in [2.05, 4.69) is 39.4 Å². The van der Waals surface area contributed by atoms with Gasteiger partial charge >= 0.3 is 5.97 Å².